The van der Waals surface area contributed by atoms with E-state index in [0.717, 1.165) is 0 Å². The van der Waals surface area contributed by atoms with Gasteiger partial charge in [0.2, 0.25) is 5.91 Å². The van der Waals surface area contributed by atoms with Crippen molar-refractivity contribution in [2.75, 3.05) is 31.6 Å². The van der Waals surface area contributed by atoms with Gasteiger partial charge in [-0.2, -0.15) is 0 Å². The predicted octanol–water partition coefficient (Wildman–Crippen LogP) is 2.86. The van der Waals surface area contributed by atoms with Gasteiger partial charge in [0, 0.05) is 24.8 Å². The molecule has 0 atom stereocenters. The number of anilines is 1. The summed E-state index contributed by atoms with van der Waals surface area (Å²) in [6.07, 6.45) is 5.20. The molecule has 1 N–H and O–H groups in total. The van der Waals surface area contributed by atoms with E-state index in [1.54, 1.807) is 24.3 Å². The van der Waals surface area contributed by atoms with E-state index in [4.69, 9.17) is 4.74 Å². The van der Waals surface area contributed by atoms with Crippen molar-refractivity contribution in [2.45, 2.75) is 0 Å². The minimum atomic E-state index is -0.0837. The zero-order chi connectivity index (χ0) is 15.5. The fourth-order valence-electron chi connectivity index (χ4n) is 1.79. The van der Waals surface area contributed by atoms with Crippen LogP contribution in [0.25, 0.3) is 0 Å². The summed E-state index contributed by atoms with van der Waals surface area (Å²) < 4.78 is 5.43. The Morgan fingerprint density at radius 3 is 2.52 bits per heavy atom. The van der Waals surface area contributed by atoms with Crippen LogP contribution in [0, 0.1) is 0 Å². The number of ether oxygens (including phenoxy) is 1. The molecule has 1 rings (SSSR count). The van der Waals surface area contributed by atoms with Crippen LogP contribution in [-0.2, 0) is 4.79 Å². The maximum Gasteiger partial charge on any atom is 0.238 e. The Morgan fingerprint density at radius 2 is 1.90 bits per heavy atom. The highest BCUT2D eigenvalue weighted by atomic mass is 16.5. The van der Waals surface area contributed by atoms with E-state index in [-0.39, 0.29) is 12.5 Å². The lowest BCUT2D eigenvalue weighted by atomic mass is 10.3. The fraction of sp³-hybridized carbons (Fsp3) is 0.235. The second-order valence-corrected chi connectivity index (χ2v) is 4.45. The van der Waals surface area contributed by atoms with Gasteiger partial charge in [-0.05, 0) is 12.1 Å². The molecule has 0 bridgehead atoms. The number of nitrogens with one attached hydrogen (secondary N) is 1. The Bertz CT molecular complexity index is 487. The molecule has 4 heteroatoms. The molecule has 0 fully saturated rings. The average molecular weight is 286 g/mol. The lowest BCUT2D eigenvalue weighted by Crippen LogP contribution is -2.33. The van der Waals surface area contributed by atoms with Crippen molar-refractivity contribution < 1.29 is 9.53 Å². The van der Waals surface area contributed by atoms with Crippen LogP contribution in [-0.4, -0.2) is 37.0 Å². The number of nitrogens with zero attached hydrogens (tertiary/aromatic N) is 1. The summed E-state index contributed by atoms with van der Waals surface area (Å²) in [5, 5.41) is 2.85. The molecule has 0 unspecified atom stereocenters. The van der Waals surface area contributed by atoms with Crippen LogP contribution in [0.3, 0.4) is 0 Å². The quantitative estimate of drug-likeness (QED) is 0.672. The maximum absolute atomic E-state index is 12.0. The Balaban J connectivity index is 2.58. The first-order chi connectivity index (χ1) is 10.2. The van der Waals surface area contributed by atoms with Crippen molar-refractivity contribution in [1.29, 1.82) is 0 Å². The molecule has 0 spiro atoms. The van der Waals surface area contributed by atoms with Gasteiger partial charge in [-0.15, -0.1) is 13.2 Å². The predicted molar refractivity (Wildman–Crippen MR) is 87.6 cm³/mol. The Morgan fingerprint density at radius 1 is 1.19 bits per heavy atom. The molecule has 21 heavy (non-hydrogen) atoms. The summed E-state index contributed by atoms with van der Waals surface area (Å²) in [5.41, 5.74) is 0.707. The molecule has 0 saturated carbocycles. The van der Waals surface area contributed by atoms with Crippen molar-refractivity contribution >= 4 is 11.6 Å². The number of carbonyl (C=O) groups is 1. The Labute approximate surface area is 126 Å². The standard InChI is InChI=1S/C17H22N2O2/c1-4-10-19(11-5-2)14-17(20)18-15-8-7-9-16(13-15)21-12-6-3/h4-9,13H,1-3,10-12,14H2,(H,18,20). The normalized spacial score (nSPS) is 9.95. The topological polar surface area (TPSA) is 41.6 Å². The number of benzene rings is 1. The lowest BCUT2D eigenvalue weighted by molar-refractivity contribution is -0.117. The van der Waals surface area contributed by atoms with E-state index in [1.807, 2.05) is 23.1 Å². The molecule has 1 aromatic rings. The summed E-state index contributed by atoms with van der Waals surface area (Å²) in [6.45, 7) is 13.0. The SMILES string of the molecule is C=CCOc1cccc(NC(=O)CN(CC=C)CC=C)c1. The molecule has 0 heterocycles. The molecule has 0 aliphatic rings. The molecule has 0 radical (unpaired) electrons. The Kier molecular flexibility index (Phi) is 7.61. The van der Waals surface area contributed by atoms with Crippen LogP contribution in [0.2, 0.25) is 0 Å². The van der Waals surface area contributed by atoms with E-state index in [0.29, 0.717) is 31.1 Å². The van der Waals surface area contributed by atoms with Crippen molar-refractivity contribution in [2.24, 2.45) is 0 Å². The molecule has 112 valence electrons. The summed E-state index contributed by atoms with van der Waals surface area (Å²) in [4.78, 5) is 14.0. The van der Waals surface area contributed by atoms with Crippen LogP contribution >= 0.6 is 0 Å². The van der Waals surface area contributed by atoms with Gasteiger partial charge < -0.3 is 10.1 Å². The van der Waals surface area contributed by atoms with Crippen LogP contribution in [0.5, 0.6) is 5.75 Å². The van der Waals surface area contributed by atoms with Gasteiger partial charge in [-0.1, -0.05) is 30.9 Å². The molecule has 0 saturated heterocycles. The van der Waals surface area contributed by atoms with Crippen LogP contribution < -0.4 is 10.1 Å². The maximum atomic E-state index is 12.0. The zero-order valence-electron chi connectivity index (χ0n) is 12.3. The largest absolute Gasteiger partial charge is 0.489 e. The summed E-state index contributed by atoms with van der Waals surface area (Å²) in [6, 6.07) is 7.27. The first-order valence-corrected chi connectivity index (χ1v) is 6.77. The molecule has 1 amide bonds. The van der Waals surface area contributed by atoms with Crippen LogP contribution in [0.1, 0.15) is 0 Å². The third-order valence-corrected chi connectivity index (χ3v) is 2.63. The molecule has 1 aromatic carbocycles. The smallest absolute Gasteiger partial charge is 0.238 e. The summed E-state index contributed by atoms with van der Waals surface area (Å²) >= 11 is 0. The van der Waals surface area contributed by atoms with Gasteiger partial charge in [-0.25, -0.2) is 0 Å². The van der Waals surface area contributed by atoms with Gasteiger partial charge in [0.25, 0.3) is 0 Å². The van der Waals surface area contributed by atoms with E-state index < -0.39 is 0 Å². The highest BCUT2D eigenvalue weighted by molar-refractivity contribution is 5.92. The average Bonchev–Trinajstić information content (AvgIpc) is 2.46. The van der Waals surface area contributed by atoms with Crippen molar-refractivity contribution in [3.05, 3.63) is 62.2 Å². The second kappa shape index (κ2) is 9.55. The third-order valence-electron chi connectivity index (χ3n) is 2.63. The van der Waals surface area contributed by atoms with Crippen molar-refractivity contribution in [3.8, 4) is 5.75 Å². The van der Waals surface area contributed by atoms with E-state index in [2.05, 4.69) is 25.1 Å². The molecule has 0 aliphatic heterocycles. The van der Waals surface area contributed by atoms with Crippen molar-refractivity contribution in [3.63, 3.8) is 0 Å². The number of rotatable bonds is 10. The molecule has 4 nitrogen and oxygen atoms in total. The minimum absolute atomic E-state index is 0.0837. The number of hydrogen-bond acceptors (Lipinski definition) is 3. The number of amides is 1. The third kappa shape index (κ3) is 6.58. The van der Waals surface area contributed by atoms with Gasteiger partial charge in [-0.3, -0.25) is 9.69 Å². The lowest BCUT2D eigenvalue weighted by Gasteiger charge is -2.18. The van der Waals surface area contributed by atoms with Crippen LogP contribution in [0.4, 0.5) is 5.69 Å². The summed E-state index contributed by atoms with van der Waals surface area (Å²) in [7, 11) is 0. The van der Waals surface area contributed by atoms with E-state index in [9.17, 15) is 4.79 Å². The fourth-order valence-corrected chi connectivity index (χ4v) is 1.79. The summed E-state index contributed by atoms with van der Waals surface area (Å²) in [5.74, 6) is 0.612. The monoisotopic (exact) mass is 286 g/mol. The molecule has 0 aromatic heterocycles. The Hall–Kier alpha value is -2.33. The van der Waals surface area contributed by atoms with E-state index in [1.165, 1.54) is 0 Å². The van der Waals surface area contributed by atoms with Gasteiger partial charge in [0.1, 0.15) is 12.4 Å². The minimum Gasteiger partial charge on any atom is -0.489 e. The molecule has 0 aliphatic carbocycles. The van der Waals surface area contributed by atoms with Gasteiger partial charge in [0.15, 0.2) is 0 Å². The number of hydrogen-bond donors (Lipinski definition) is 1. The first-order valence-electron chi connectivity index (χ1n) is 6.77. The molecular formula is C17H22N2O2. The van der Waals surface area contributed by atoms with Gasteiger partial charge >= 0.3 is 0 Å². The highest BCUT2D eigenvalue weighted by Gasteiger charge is 2.08. The zero-order valence-corrected chi connectivity index (χ0v) is 12.3. The first kappa shape index (κ1) is 16.7. The molecular weight excluding hydrogens is 264 g/mol. The highest BCUT2D eigenvalue weighted by Crippen LogP contribution is 2.17. The van der Waals surface area contributed by atoms with Crippen LogP contribution in [0.15, 0.2) is 62.2 Å². The van der Waals surface area contributed by atoms with E-state index >= 15 is 0 Å². The van der Waals surface area contributed by atoms with Crippen molar-refractivity contribution in [1.82, 2.24) is 4.90 Å². The second-order valence-electron chi connectivity index (χ2n) is 4.45. The van der Waals surface area contributed by atoms with Gasteiger partial charge in [0.05, 0.1) is 6.54 Å². The number of carbonyl (C=O) groups excluding carboxylic acids is 1.